The maximum atomic E-state index is 12.4. The van der Waals surface area contributed by atoms with Crippen molar-refractivity contribution < 1.29 is 18.0 Å². The number of carbonyl (C=O) groups is 1. The summed E-state index contributed by atoms with van der Waals surface area (Å²) in [6, 6.07) is 11.7. The molecule has 0 saturated heterocycles. The van der Waals surface area contributed by atoms with Crippen LogP contribution in [0.5, 0.6) is 0 Å². The summed E-state index contributed by atoms with van der Waals surface area (Å²) in [6.07, 6.45) is -1.50. The highest BCUT2D eigenvalue weighted by atomic mass is 127. The van der Waals surface area contributed by atoms with E-state index in [0.29, 0.717) is 11.1 Å². The van der Waals surface area contributed by atoms with E-state index >= 15 is 0 Å². The zero-order valence-corrected chi connectivity index (χ0v) is 12.9. The second-order valence-corrected chi connectivity index (χ2v) is 5.57. The Kier molecular flexibility index (Phi) is 4.82. The number of alkyl halides is 3. The number of allylic oxidation sites excluding steroid dienone is 1. The molecule has 0 radical (unpaired) electrons. The first-order valence-electron chi connectivity index (χ1n) is 6.01. The molecule has 0 spiro atoms. The summed E-state index contributed by atoms with van der Waals surface area (Å²) in [5.74, 6) is -0.189. The maximum absolute atomic E-state index is 12.4. The quantitative estimate of drug-likeness (QED) is 0.392. The molecule has 0 saturated carbocycles. The largest absolute Gasteiger partial charge is 0.416 e. The molecule has 0 atom stereocenters. The van der Waals surface area contributed by atoms with Gasteiger partial charge in [0, 0.05) is 9.13 Å². The van der Waals surface area contributed by atoms with Crippen LogP contribution in [0.25, 0.3) is 6.08 Å². The van der Waals surface area contributed by atoms with E-state index in [4.69, 9.17) is 0 Å². The number of hydrogen-bond acceptors (Lipinski definition) is 1. The minimum absolute atomic E-state index is 0.189. The maximum Gasteiger partial charge on any atom is 0.416 e. The first-order chi connectivity index (χ1) is 9.86. The number of carbonyl (C=O) groups excluding carboxylic acids is 1. The fourth-order valence-corrected chi connectivity index (χ4v) is 2.03. The SMILES string of the molecule is O=C(/C=C/c1ccc(C(F)(F)F)cc1)c1ccc(I)cc1. The predicted molar refractivity (Wildman–Crippen MR) is 84.0 cm³/mol. The zero-order chi connectivity index (χ0) is 15.5. The molecule has 108 valence electrons. The van der Waals surface area contributed by atoms with Crippen LogP contribution < -0.4 is 0 Å². The summed E-state index contributed by atoms with van der Waals surface area (Å²) in [5, 5.41) is 0. The van der Waals surface area contributed by atoms with Gasteiger partial charge in [0.2, 0.25) is 0 Å². The van der Waals surface area contributed by atoms with Gasteiger partial charge in [0.25, 0.3) is 0 Å². The molecule has 0 aliphatic carbocycles. The molecular formula is C16H10F3IO. The van der Waals surface area contributed by atoms with E-state index in [1.54, 1.807) is 12.1 Å². The third-order valence-corrected chi connectivity index (χ3v) is 3.51. The van der Waals surface area contributed by atoms with E-state index in [9.17, 15) is 18.0 Å². The highest BCUT2D eigenvalue weighted by Gasteiger charge is 2.29. The molecule has 0 amide bonds. The average Bonchev–Trinajstić information content (AvgIpc) is 2.45. The summed E-state index contributed by atoms with van der Waals surface area (Å²) in [4.78, 5) is 11.9. The van der Waals surface area contributed by atoms with Crippen LogP contribution in [0.2, 0.25) is 0 Å². The molecule has 2 aromatic carbocycles. The molecule has 0 N–H and O–H groups in total. The number of halogens is 4. The topological polar surface area (TPSA) is 17.1 Å². The Hall–Kier alpha value is -1.63. The minimum Gasteiger partial charge on any atom is -0.289 e. The highest BCUT2D eigenvalue weighted by molar-refractivity contribution is 14.1. The Morgan fingerprint density at radius 3 is 2.05 bits per heavy atom. The van der Waals surface area contributed by atoms with Gasteiger partial charge in [0.1, 0.15) is 0 Å². The third-order valence-electron chi connectivity index (χ3n) is 2.79. The molecule has 2 rings (SSSR count). The Morgan fingerprint density at radius 2 is 1.52 bits per heavy atom. The van der Waals surface area contributed by atoms with E-state index in [0.717, 1.165) is 15.7 Å². The van der Waals surface area contributed by atoms with Crippen molar-refractivity contribution in [1.29, 1.82) is 0 Å². The first-order valence-corrected chi connectivity index (χ1v) is 7.09. The highest BCUT2D eigenvalue weighted by Crippen LogP contribution is 2.29. The van der Waals surface area contributed by atoms with Gasteiger partial charge < -0.3 is 0 Å². The van der Waals surface area contributed by atoms with Crippen LogP contribution in [0, 0.1) is 3.57 Å². The Labute approximate surface area is 133 Å². The molecule has 2 aromatic rings. The summed E-state index contributed by atoms with van der Waals surface area (Å²) in [7, 11) is 0. The molecule has 5 heteroatoms. The fourth-order valence-electron chi connectivity index (χ4n) is 1.67. The van der Waals surface area contributed by atoms with E-state index in [1.807, 2.05) is 12.1 Å². The number of ketones is 1. The molecule has 21 heavy (non-hydrogen) atoms. The predicted octanol–water partition coefficient (Wildman–Crippen LogP) is 5.21. The van der Waals surface area contributed by atoms with Gasteiger partial charge in [-0.05, 0) is 58.5 Å². The van der Waals surface area contributed by atoms with E-state index in [2.05, 4.69) is 22.6 Å². The van der Waals surface area contributed by atoms with Gasteiger partial charge >= 0.3 is 6.18 Å². The Morgan fingerprint density at radius 1 is 0.952 bits per heavy atom. The standard InChI is InChI=1S/C16H10F3IO/c17-16(18,19)13-6-1-11(2-7-13)3-10-15(21)12-4-8-14(20)9-5-12/h1-10H/b10-3+. The molecule has 0 unspecified atom stereocenters. The van der Waals surface area contributed by atoms with Gasteiger partial charge in [0.05, 0.1) is 5.56 Å². The smallest absolute Gasteiger partial charge is 0.289 e. The lowest BCUT2D eigenvalue weighted by atomic mass is 10.1. The number of benzene rings is 2. The molecule has 1 nitrogen and oxygen atoms in total. The van der Waals surface area contributed by atoms with Crippen molar-refractivity contribution in [3.05, 3.63) is 74.9 Å². The van der Waals surface area contributed by atoms with E-state index in [1.165, 1.54) is 24.3 Å². The van der Waals surface area contributed by atoms with Gasteiger partial charge in [-0.3, -0.25) is 4.79 Å². The second kappa shape index (κ2) is 6.43. The van der Waals surface area contributed by atoms with Crippen LogP contribution in [0.3, 0.4) is 0 Å². The van der Waals surface area contributed by atoms with E-state index < -0.39 is 11.7 Å². The average molecular weight is 402 g/mol. The van der Waals surface area contributed by atoms with Gasteiger partial charge in [-0.25, -0.2) is 0 Å². The van der Waals surface area contributed by atoms with Gasteiger partial charge in [-0.1, -0.05) is 30.3 Å². The van der Waals surface area contributed by atoms with Crippen molar-refractivity contribution in [2.24, 2.45) is 0 Å². The van der Waals surface area contributed by atoms with Gasteiger partial charge in [-0.15, -0.1) is 0 Å². The lowest BCUT2D eigenvalue weighted by Crippen LogP contribution is -2.04. The van der Waals surface area contributed by atoms with Crippen molar-refractivity contribution >= 4 is 34.5 Å². The van der Waals surface area contributed by atoms with Crippen molar-refractivity contribution in [3.8, 4) is 0 Å². The first kappa shape index (κ1) is 15.8. The van der Waals surface area contributed by atoms with Crippen molar-refractivity contribution in [3.63, 3.8) is 0 Å². The molecule has 0 heterocycles. The van der Waals surface area contributed by atoms with Crippen LogP contribution in [-0.4, -0.2) is 5.78 Å². The van der Waals surface area contributed by atoms with Gasteiger partial charge in [0.15, 0.2) is 5.78 Å². The second-order valence-electron chi connectivity index (χ2n) is 4.32. The van der Waals surface area contributed by atoms with Gasteiger partial charge in [-0.2, -0.15) is 13.2 Å². The molecule has 0 aromatic heterocycles. The fraction of sp³-hybridized carbons (Fsp3) is 0.0625. The van der Waals surface area contributed by atoms with Crippen LogP contribution in [-0.2, 0) is 6.18 Å². The lowest BCUT2D eigenvalue weighted by Gasteiger charge is -2.05. The Bertz CT molecular complexity index is 655. The third kappa shape index (κ3) is 4.42. The minimum atomic E-state index is -4.35. The van der Waals surface area contributed by atoms with Crippen LogP contribution in [0.1, 0.15) is 21.5 Å². The molecular weight excluding hydrogens is 392 g/mol. The van der Waals surface area contributed by atoms with Crippen LogP contribution in [0.4, 0.5) is 13.2 Å². The summed E-state index contributed by atoms with van der Waals surface area (Å²) in [5.41, 5.74) is 0.379. The molecule has 0 aliphatic heterocycles. The number of rotatable bonds is 3. The molecule has 0 fully saturated rings. The molecule has 0 bridgehead atoms. The van der Waals surface area contributed by atoms with Crippen LogP contribution >= 0.6 is 22.6 Å². The van der Waals surface area contributed by atoms with Crippen molar-refractivity contribution in [2.45, 2.75) is 6.18 Å². The monoisotopic (exact) mass is 402 g/mol. The van der Waals surface area contributed by atoms with Crippen molar-refractivity contribution in [1.82, 2.24) is 0 Å². The molecule has 0 aliphatic rings. The normalized spacial score (nSPS) is 11.8. The van der Waals surface area contributed by atoms with Crippen LogP contribution in [0.15, 0.2) is 54.6 Å². The lowest BCUT2D eigenvalue weighted by molar-refractivity contribution is -0.137. The zero-order valence-electron chi connectivity index (χ0n) is 10.7. The summed E-state index contributed by atoms with van der Waals surface area (Å²) < 4.78 is 38.3. The van der Waals surface area contributed by atoms with Crippen molar-refractivity contribution in [2.75, 3.05) is 0 Å². The van der Waals surface area contributed by atoms with E-state index in [-0.39, 0.29) is 5.78 Å². The Balaban J connectivity index is 2.10. The summed E-state index contributed by atoms with van der Waals surface area (Å²) in [6.45, 7) is 0. The number of hydrogen-bond donors (Lipinski definition) is 0. The summed E-state index contributed by atoms with van der Waals surface area (Å²) >= 11 is 2.14.